The van der Waals surface area contributed by atoms with Crippen molar-refractivity contribution in [3.05, 3.63) is 40.7 Å². The Labute approximate surface area is 122 Å². The van der Waals surface area contributed by atoms with Gasteiger partial charge in [0.15, 0.2) is 0 Å². The van der Waals surface area contributed by atoms with Gasteiger partial charge in [-0.1, -0.05) is 19.1 Å². The number of methoxy groups -OCH3 is 1. The van der Waals surface area contributed by atoms with Crippen molar-refractivity contribution >= 4 is 11.3 Å². The fraction of sp³-hybridized carbons (Fsp3) is 0.400. The number of hydrogen-bond donors (Lipinski definition) is 1. The van der Waals surface area contributed by atoms with E-state index >= 15 is 0 Å². The van der Waals surface area contributed by atoms with E-state index in [4.69, 9.17) is 4.74 Å². The molecule has 0 saturated heterocycles. The van der Waals surface area contributed by atoms with E-state index in [0.717, 1.165) is 30.1 Å². The number of ether oxygens (including phenoxy) is 1. The third-order valence-electron chi connectivity index (χ3n) is 2.88. The molecule has 1 aromatic heterocycles. The number of nitrogens with zero attached hydrogens (tertiary/aromatic N) is 1. The van der Waals surface area contributed by atoms with Gasteiger partial charge in [0, 0.05) is 24.1 Å². The lowest BCUT2D eigenvalue weighted by atomic mass is 10.2. The van der Waals surface area contributed by atoms with Crippen LogP contribution in [0.1, 0.15) is 23.9 Å². The zero-order valence-corrected chi connectivity index (χ0v) is 12.6. The first kappa shape index (κ1) is 15.1. The van der Waals surface area contributed by atoms with Crippen LogP contribution in [0.5, 0.6) is 0 Å². The second kappa shape index (κ2) is 7.47. The number of thiazole rings is 1. The van der Waals surface area contributed by atoms with Crippen LogP contribution in [-0.4, -0.2) is 18.6 Å². The van der Waals surface area contributed by atoms with E-state index in [9.17, 15) is 4.39 Å². The third-order valence-corrected chi connectivity index (χ3v) is 4.01. The van der Waals surface area contributed by atoms with Gasteiger partial charge < -0.3 is 10.1 Å². The van der Waals surface area contributed by atoms with Crippen molar-refractivity contribution in [1.29, 1.82) is 0 Å². The summed E-state index contributed by atoms with van der Waals surface area (Å²) < 4.78 is 19.0. The second-order valence-corrected chi connectivity index (χ2v) is 5.56. The number of halogens is 1. The van der Waals surface area contributed by atoms with Crippen molar-refractivity contribution in [2.24, 2.45) is 0 Å². The molecule has 0 spiro atoms. The van der Waals surface area contributed by atoms with Crippen molar-refractivity contribution in [1.82, 2.24) is 10.3 Å². The van der Waals surface area contributed by atoms with Crippen LogP contribution in [0.25, 0.3) is 10.6 Å². The van der Waals surface area contributed by atoms with Crippen LogP contribution in [0.2, 0.25) is 0 Å². The zero-order chi connectivity index (χ0) is 14.4. The van der Waals surface area contributed by atoms with Crippen molar-refractivity contribution in [2.45, 2.75) is 26.5 Å². The van der Waals surface area contributed by atoms with Crippen molar-refractivity contribution in [3.8, 4) is 10.6 Å². The molecule has 108 valence electrons. The summed E-state index contributed by atoms with van der Waals surface area (Å²) in [5, 5.41) is 4.06. The molecule has 1 N–H and O–H groups in total. The van der Waals surface area contributed by atoms with E-state index in [-0.39, 0.29) is 5.82 Å². The highest BCUT2D eigenvalue weighted by Gasteiger charge is 2.14. The third kappa shape index (κ3) is 3.62. The largest absolute Gasteiger partial charge is 0.378 e. The Balaban J connectivity index is 2.26. The van der Waals surface area contributed by atoms with Gasteiger partial charge in [-0.15, -0.1) is 11.3 Å². The number of rotatable bonds is 7. The maximum atomic E-state index is 13.8. The summed E-state index contributed by atoms with van der Waals surface area (Å²) in [6.45, 7) is 4.28. The fourth-order valence-electron chi connectivity index (χ4n) is 1.90. The molecule has 2 rings (SSSR count). The van der Waals surface area contributed by atoms with E-state index < -0.39 is 0 Å². The van der Waals surface area contributed by atoms with Crippen LogP contribution >= 0.6 is 11.3 Å². The Morgan fingerprint density at radius 1 is 1.35 bits per heavy atom. The zero-order valence-electron chi connectivity index (χ0n) is 11.8. The lowest BCUT2D eigenvalue weighted by Gasteiger charge is -2.02. The highest BCUT2D eigenvalue weighted by molar-refractivity contribution is 7.15. The minimum Gasteiger partial charge on any atom is -0.378 e. The minimum absolute atomic E-state index is 0.238. The summed E-state index contributed by atoms with van der Waals surface area (Å²) >= 11 is 1.52. The van der Waals surface area contributed by atoms with Gasteiger partial charge in [0.1, 0.15) is 10.8 Å². The first-order chi connectivity index (χ1) is 9.76. The molecule has 0 saturated carbocycles. The quantitative estimate of drug-likeness (QED) is 0.792. The second-order valence-electron chi connectivity index (χ2n) is 4.48. The van der Waals surface area contributed by atoms with Gasteiger partial charge in [0.25, 0.3) is 0 Å². The van der Waals surface area contributed by atoms with Crippen molar-refractivity contribution < 1.29 is 9.13 Å². The Kier molecular flexibility index (Phi) is 5.64. The SMILES string of the molecule is CCCNCc1sc(-c2ccccc2F)nc1COC. The predicted molar refractivity (Wildman–Crippen MR) is 80.2 cm³/mol. The molecule has 1 heterocycles. The average Bonchev–Trinajstić information content (AvgIpc) is 2.83. The Morgan fingerprint density at radius 2 is 2.15 bits per heavy atom. The summed E-state index contributed by atoms with van der Waals surface area (Å²) in [5.74, 6) is -0.238. The molecule has 0 unspecified atom stereocenters. The summed E-state index contributed by atoms with van der Waals surface area (Å²) in [6.07, 6.45) is 1.08. The summed E-state index contributed by atoms with van der Waals surface area (Å²) in [6, 6.07) is 6.73. The molecule has 0 aliphatic carbocycles. The molecule has 20 heavy (non-hydrogen) atoms. The van der Waals surface area contributed by atoms with Gasteiger partial charge in [0.2, 0.25) is 0 Å². The van der Waals surface area contributed by atoms with Gasteiger partial charge in [-0.3, -0.25) is 0 Å². The molecule has 5 heteroatoms. The van der Waals surface area contributed by atoms with E-state index in [0.29, 0.717) is 17.2 Å². The molecule has 3 nitrogen and oxygen atoms in total. The number of nitrogens with one attached hydrogen (secondary N) is 1. The molecule has 0 aliphatic heterocycles. The van der Waals surface area contributed by atoms with Crippen LogP contribution in [-0.2, 0) is 17.9 Å². The van der Waals surface area contributed by atoms with Crippen LogP contribution in [0.3, 0.4) is 0 Å². The van der Waals surface area contributed by atoms with E-state index in [2.05, 4.69) is 17.2 Å². The molecule has 1 aromatic carbocycles. The van der Waals surface area contributed by atoms with E-state index in [1.807, 2.05) is 6.07 Å². The standard InChI is InChI=1S/C15H19FN2OS/c1-3-8-17-9-14-13(10-19-2)18-15(20-14)11-6-4-5-7-12(11)16/h4-7,17H,3,8-10H2,1-2H3. The normalized spacial score (nSPS) is 10.9. The van der Waals surface area contributed by atoms with Crippen LogP contribution in [0.4, 0.5) is 4.39 Å². The smallest absolute Gasteiger partial charge is 0.133 e. The first-order valence-corrected chi connectivity index (χ1v) is 7.51. The highest BCUT2D eigenvalue weighted by Crippen LogP contribution is 2.30. The van der Waals surface area contributed by atoms with Gasteiger partial charge in [-0.25, -0.2) is 9.37 Å². The topological polar surface area (TPSA) is 34.2 Å². The van der Waals surface area contributed by atoms with Gasteiger partial charge in [-0.05, 0) is 25.1 Å². The monoisotopic (exact) mass is 294 g/mol. The Bertz CT molecular complexity index is 557. The lowest BCUT2D eigenvalue weighted by Crippen LogP contribution is -2.14. The van der Waals surface area contributed by atoms with Crippen LogP contribution in [0.15, 0.2) is 24.3 Å². The Morgan fingerprint density at radius 3 is 2.85 bits per heavy atom. The molecule has 2 aromatic rings. The lowest BCUT2D eigenvalue weighted by molar-refractivity contribution is 0.181. The number of benzene rings is 1. The molecule has 0 atom stereocenters. The van der Waals surface area contributed by atoms with Crippen LogP contribution < -0.4 is 5.32 Å². The predicted octanol–water partition coefficient (Wildman–Crippen LogP) is 3.60. The minimum atomic E-state index is -0.238. The summed E-state index contributed by atoms with van der Waals surface area (Å²) in [4.78, 5) is 5.63. The number of hydrogen-bond acceptors (Lipinski definition) is 4. The molecular weight excluding hydrogens is 275 g/mol. The molecule has 0 bridgehead atoms. The molecule has 0 radical (unpaired) electrons. The van der Waals surface area contributed by atoms with Gasteiger partial charge in [-0.2, -0.15) is 0 Å². The van der Waals surface area contributed by atoms with E-state index in [1.54, 1.807) is 19.2 Å². The van der Waals surface area contributed by atoms with Crippen molar-refractivity contribution in [2.75, 3.05) is 13.7 Å². The van der Waals surface area contributed by atoms with Crippen molar-refractivity contribution in [3.63, 3.8) is 0 Å². The van der Waals surface area contributed by atoms with Crippen LogP contribution in [0, 0.1) is 5.82 Å². The first-order valence-electron chi connectivity index (χ1n) is 6.69. The maximum Gasteiger partial charge on any atom is 0.133 e. The molecule has 0 fully saturated rings. The van der Waals surface area contributed by atoms with Gasteiger partial charge >= 0.3 is 0 Å². The average molecular weight is 294 g/mol. The molecule has 0 aliphatic rings. The highest BCUT2D eigenvalue weighted by atomic mass is 32.1. The Hall–Kier alpha value is -1.30. The molecule has 0 amide bonds. The number of aromatic nitrogens is 1. The summed E-state index contributed by atoms with van der Waals surface area (Å²) in [5.41, 5.74) is 1.44. The van der Waals surface area contributed by atoms with Gasteiger partial charge in [0.05, 0.1) is 12.3 Å². The summed E-state index contributed by atoms with van der Waals surface area (Å²) in [7, 11) is 1.64. The maximum absolute atomic E-state index is 13.8. The molecular formula is C15H19FN2OS. The fourth-order valence-corrected chi connectivity index (χ4v) is 2.96. The van der Waals surface area contributed by atoms with E-state index in [1.165, 1.54) is 17.4 Å².